The highest BCUT2D eigenvalue weighted by atomic mass is 35.5. The molecule has 1 aliphatic rings. The highest BCUT2D eigenvalue weighted by Crippen LogP contribution is 2.27. The number of nitrogens with one attached hydrogen (secondary N) is 1. The lowest BCUT2D eigenvalue weighted by molar-refractivity contribution is -0.122. The van der Waals surface area contributed by atoms with E-state index in [4.69, 9.17) is 5.73 Å². The number of rotatable bonds is 4. The van der Waals surface area contributed by atoms with Gasteiger partial charge in [0.2, 0.25) is 5.91 Å². The van der Waals surface area contributed by atoms with Gasteiger partial charge in [-0.15, -0.1) is 12.4 Å². The summed E-state index contributed by atoms with van der Waals surface area (Å²) >= 11 is 0. The first-order valence-electron chi connectivity index (χ1n) is 8.43. The van der Waals surface area contributed by atoms with Crippen LogP contribution < -0.4 is 11.1 Å². The summed E-state index contributed by atoms with van der Waals surface area (Å²) in [6.45, 7) is 8.66. The maximum Gasteiger partial charge on any atom is 0.220 e. The molecule has 1 aliphatic carbocycles. The number of benzene rings is 1. The molecule has 1 amide bonds. The Labute approximate surface area is 146 Å². The quantitative estimate of drug-likeness (QED) is 0.868. The zero-order chi connectivity index (χ0) is 16.3. The summed E-state index contributed by atoms with van der Waals surface area (Å²) in [5, 5.41) is 3.11. The molecule has 0 saturated heterocycles. The van der Waals surface area contributed by atoms with Crippen LogP contribution in [0.5, 0.6) is 0 Å². The fraction of sp³-hybridized carbons (Fsp3) is 0.632. The van der Waals surface area contributed by atoms with Gasteiger partial charge in [-0.2, -0.15) is 0 Å². The van der Waals surface area contributed by atoms with E-state index >= 15 is 0 Å². The van der Waals surface area contributed by atoms with Gasteiger partial charge in [0.25, 0.3) is 0 Å². The predicted molar refractivity (Wildman–Crippen MR) is 98.9 cm³/mol. The maximum absolute atomic E-state index is 12.2. The molecule has 0 aromatic heterocycles. The van der Waals surface area contributed by atoms with E-state index in [9.17, 15) is 4.79 Å². The Morgan fingerprint density at radius 2 is 1.87 bits per heavy atom. The molecular formula is C19H31ClN2O. The molecule has 4 heteroatoms. The van der Waals surface area contributed by atoms with Crippen LogP contribution in [0.3, 0.4) is 0 Å². The fourth-order valence-corrected chi connectivity index (χ4v) is 3.21. The number of nitrogens with two attached hydrogens (primary N) is 1. The first-order valence-corrected chi connectivity index (χ1v) is 8.43. The predicted octanol–water partition coefficient (Wildman–Crippen LogP) is 4.10. The lowest BCUT2D eigenvalue weighted by atomic mass is 9.86. The van der Waals surface area contributed by atoms with Crippen LogP contribution in [0, 0.1) is 5.92 Å². The fourth-order valence-electron chi connectivity index (χ4n) is 3.21. The normalized spacial score (nSPS) is 22.3. The lowest BCUT2D eigenvalue weighted by Crippen LogP contribution is -2.32. The SMILES string of the molecule is CC(NC(=O)C[C@@H]1CCC[C@H]1N)c1ccc(C(C)(C)C)cc1.Cl. The van der Waals surface area contributed by atoms with Crippen molar-refractivity contribution in [1.29, 1.82) is 0 Å². The van der Waals surface area contributed by atoms with Crippen LogP contribution in [0.25, 0.3) is 0 Å². The van der Waals surface area contributed by atoms with Crippen LogP contribution in [0.4, 0.5) is 0 Å². The molecule has 0 bridgehead atoms. The van der Waals surface area contributed by atoms with E-state index in [0.717, 1.165) is 24.8 Å². The molecule has 0 radical (unpaired) electrons. The van der Waals surface area contributed by atoms with Crippen molar-refractivity contribution in [2.24, 2.45) is 11.7 Å². The first-order chi connectivity index (χ1) is 10.3. The molecule has 1 aromatic carbocycles. The van der Waals surface area contributed by atoms with Crippen molar-refractivity contribution in [2.75, 3.05) is 0 Å². The van der Waals surface area contributed by atoms with Gasteiger partial charge in [0.1, 0.15) is 0 Å². The topological polar surface area (TPSA) is 55.1 Å². The third-order valence-corrected chi connectivity index (χ3v) is 4.82. The second-order valence-corrected chi connectivity index (χ2v) is 7.72. The number of halogens is 1. The smallest absolute Gasteiger partial charge is 0.220 e. The summed E-state index contributed by atoms with van der Waals surface area (Å²) in [5.41, 5.74) is 8.66. The van der Waals surface area contributed by atoms with Crippen LogP contribution in [0.15, 0.2) is 24.3 Å². The Kier molecular flexibility index (Phi) is 7.09. The summed E-state index contributed by atoms with van der Waals surface area (Å²) in [6.07, 6.45) is 3.86. The van der Waals surface area contributed by atoms with Crippen molar-refractivity contribution in [3.05, 3.63) is 35.4 Å². The molecule has 130 valence electrons. The van der Waals surface area contributed by atoms with Crippen LogP contribution in [-0.4, -0.2) is 11.9 Å². The van der Waals surface area contributed by atoms with E-state index in [2.05, 4.69) is 50.4 Å². The van der Waals surface area contributed by atoms with Crippen LogP contribution >= 0.6 is 12.4 Å². The standard InChI is InChI=1S/C19H30N2O.ClH/c1-13(14-8-10-16(11-9-14)19(2,3)4)21-18(22)12-15-6-5-7-17(15)20;/h8-11,13,15,17H,5-7,12,20H2,1-4H3,(H,21,22);1H/t13?,15-,17+;/m0./s1. The van der Waals surface area contributed by atoms with Gasteiger partial charge in [-0.25, -0.2) is 0 Å². The molecule has 0 aliphatic heterocycles. The van der Waals surface area contributed by atoms with Crippen molar-refractivity contribution in [2.45, 2.75) is 70.9 Å². The van der Waals surface area contributed by atoms with E-state index in [-0.39, 0.29) is 35.8 Å². The zero-order valence-electron chi connectivity index (χ0n) is 14.8. The summed E-state index contributed by atoms with van der Waals surface area (Å²) in [6, 6.07) is 8.79. The van der Waals surface area contributed by atoms with E-state index in [0.29, 0.717) is 12.3 Å². The molecular weight excluding hydrogens is 308 g/mol. The van der Waals surface area contributed by atoms with Crippen molar-refractivity contribution >= 4 is 18.3 Å². The Balaban J connectivity index is 0.00000264. The third-order valence-electron chi connectivity index (χ3n) is 4.82. The Morgan fingerprint density at radius 3 is 2.35 bits per heavy atom. The van der Waals surface area contributed by atoms with Gasteiger partial charge in [-0.1, -0.05) is 51.5 Å². The minimum Gasteiger partial charge on any atom is -0.350 e. The number of hydrogen-bond acceptors (Lipinski definition) is 2. The molecule has 0 heterocycles. The molecule has 3 nitrogen and oxygen atoms in total. The summed E-state index contributed by atoms with van der Waals surface area (Å²) in [4.78, 5) is 12.2. The van der Waals surface area contributed by atoms with Crippen molar-refractivity contribution in [1.82, 2.24) is 5.32 Å². The van der Waals surface area contributed by atoms with E-state index in [1.807, 2.05) is 6.92 Å². The van der Waals surface area contributed by atoms with E-state index < -0.39 is 0 Å². The summed E-state index contributed by atoms with van der Waals surface area (Å²) in [7, 11) is 0. The maximum atomic E-state index is 12.2. The van der Waals surface area contributed by atoms with Crippen LogP contribution in [-0.2, 0) is 10.2 Å². The molecule has 1 saturated carbocycles. The number of carbonyl (C=O) groups excluding carboxylic acids is 1. The number of carbonyl (C=O) groups is 1. The van der Waals surface area contributed by atoms with Gasteiger partial charge in [0.15, 0.2) is 0 Å². The van der Waals surface area contributed by atoms with Gasteiger partial charge in [-0.3, -0.25) is 4.79 Å². The van der Waals surface area contributed by atoms with Gasteiger partial charge >= 0.3 is 0 Å². The minimum atomic E-state index is 0. The monoisotopic (exact) mass is 338 g/mol. The molecule has 0 spiro atoms. The Bertz CT molecular complexity index is 507. The Hall–Kier alpha value is -1.06. The first kappa shape index (κ1) is 20.0. The molecule has 3 atom stereocenters. The third kappa shape index (κ3) is 5.50. The highest BCUT2D eigenvalue weighted by molar-refractivity contribution is 5.85. The van der Waals surface area contributed by atoms with Crippen molar-refractivity contribution in [3.8, 4) is 0 Å². The second-order valence-electron chi connectivity index (χ2n) is 7.72. The van der Waals surface area contributed by atoms with E-state index in [1.165, 1.54) is 5.56 Å². The number of amides is 1. The van der Waals surface area contributed by atoms with Gasteiger partial charge < -0.3 is 11.1 Å². The van der Waals surface area contributed by atoms with Crippen molar-refractivity contribution < 1.29 is 4.79 Å². The summed E-state index contributed by atoms with van der Waals surface area (Å²) < 4.78 is 0. The highest BCUT2D eigenvalue weighted by Gasteiger charge is 2.26. The second kappa shape index (κ2) is 8.16. The summed E-state index contributed by atoms with van der Waals surface area (Å²) in [5.74, 6) is 0.477. The average molecular weight is 339 g/mol. The lowest BCUT2D eigenvalue weighted by Gasteiger charge is -2.21. The van der Waals surface area contributed by atoms with Gasteiger partial charge in [0, 0.05) is 12.5 Å². The minimum absolute atomic E-state index is 0. The molecule has 1 unspecified atom stereocenters. The van der Waals surface area contributed by atoms with Crippen LogP contribution in [0.2, 0.25) is 0 Å². The molecule has 1 fully saturated rings. The Morgan fingerprint density at radius 1 is 1.26 bits per heavy atom. The van der Waals surface area contributed by atoms with E-state index in [1.54, 1.807) is 0 Å². The largest absolute Gasteiger partial charge is 0.350 e. The molecule has 2 rings (SSSR count). The van der Waals surface area contributed by atoms with Crippen LogP contribution in [0.1, 0.15) is 70.5 Å². The molecule has 23 heavy (non-hydrogen) atoms. The van der Waals surface area contributed by atoms with Gasteiger partial charge in [-0.05, 0) is 42.2 Å². The molecule has 1 aromatic rings. The average Bonchev–Trinajstić information content (AvgIpc) is 2.83. The van der Waals surface area contributed by atoms with Gasteiger partial charge in [0.05, 0.1) is 6.04 Å². The molecule has 3 N–H and O–H groups in total. The zero-order valence-corrected chi connectivity index (χ0v) is 15.6. The number of hydrogen-bond donors (Lipinski definition) is 2. The van der Waals surface area contributed by atoms with Crippen molar-refractivity contribution in [3.63, 3.8) is 0 Å².